The van der Waals surface area contributed by atoms with Crippen molar-refractivity contribution in [2.24, 2.45) is 0 Å². The summed E-state index contributed by atoms with van der Waals surface area (Å²) in [7, 11) is 0. The van der Waals surface area contributed by atoms with Crippen LogP contribution in [-0.2, 0) is 16.0 Å². The Morgan fingerprint density at radius 3 is 2.46 bits per heavy atom. The van der Waals surface area contributed by atoms with Crippen molar-refractivity contribution in [2.75, 3.05) is 31.5 Å². The lowest BCUT2D eigenvalue weighted by Crippen LogP contribution is -2.51. The zero-order valence-electron chi connectivity index (χ0n) is 15.0. The van der Waals surface area contributed by atoms with Gasteiger partial charge in [-0.2, -0.15) is 0 Å². The SMILES string of the molecule is CC(=O)N1CCN(C(=O)Nc2nc(CC(=O)NC3CCCC3)cs2)CC1. The van der Waals surface area contributed by atoms with Crippen molar-refractivity contribution in [3.8, 4) is 0 Å². The van der Waals surface area contributed by atoms with E-state index >= 15 is 0 Å². The zero-order valence-corrected chi connectivity index (χ0v) is 15.8. The minimum absolute atomic E-state index is 0.0135. The molecule has 0 radical (unpaired) electrons. The first-order chi connectivity index (χ1) is 12.5. The number of hydrogen-bond donors (Lipinski definition) is 2. The number of carbonyl (C=O) groups is 3. The summed E-state index contributed by atoms with van der Waals surface area (Å²) in [5, 5.41) is 8.12. The number of thiazole rings is 1. The normalized spacial score (nSPS) is 18.0. The van der Waals surface area contributed by atoms with Gasteiger partial charge in [-0.05, 0) is 12.8 Å². The first-order valence-corrected chi connectivity index (χ1v) is 9.94. The molecular formula is C17H25N5O3S. The topological polar surface area (TPSA) is 94.6 Å². The summed E-state index contributed by atoms with van der Waals surface area (Å²) in [5.74, 6) is 0.0194. The lowest BCUT2D eigenvalue weighted by molar-refractivity contribution is -0.130. The van der Waals surface area contributed by atoms with Crippen LogP contribution in [0.25, 0.3) is 0 Å². The predicted octanol–water partition coefficient (Wildman–Crippen LogP) is 1.44. The maximum absolute atomic E-state index is 12.3. The summed E-state index contributed by atoms with van der Waals surface area (Å²) in [5.41, 5.74) is 0.669. The highest BCUT2D eigenvalue weighted by Crippen LogP contribution is 2.19. The van der Waals surface area contributed by atoms with Gasteiger partial charge in [0.2, 0.25) is 11.8 Å². The Morgan fingerprint density at radius 1 is 1.15 bits per heavy atom. The predicted molar refractivity (Wildman–Crippen MR) is 99.1 cm³/mol. The van der Waals surface area contributed by atoms with Crippen molar-refractivity contribution in [2.45, 2.75) is 45.1 Å². The summed E-state index contributed by atoms with van der Waals surface area (Å²) in [6.45, 7) is 3.65. The van der Waals surface area contributed by atoms with Crippen LogP contribution in [0.3, 0.4) is 0 Å². The maximum Gasteiger partial charge on any atom is 0.323 e. The first-order valence-electron chi connectivity index (χ1n) is 9.06. The molecule has 8 nitrogen and oxygen atoms in total. The number of nitrogens with one attached hydrogen (secondary N) is 2. The third-order valence-electron chi connectivity index (χ3n) is 4.84. The van der Waals surface area contributed by atoms with Gasteiger partial charge in [0.25, 0.3) is 0 Å². The summed E-state index contributed by atoms with van der Waals surface area (Å²) in [6, 6.07) is 0.0819. The van der Waals surface area contributed by atoms with Crippen LogP contribution in [-0.4, -0.2) is 64.9 Å². The molecule has 1 aliphatic carbocycles. The Labute approximate surface area is 156 Å². The molecule has 1 saturated carbocycles. The smallest absolute Gasteiger partial charge is 0.323 e. The van der Waals surface area contributed by atoms with Crippen LogP contribution in [0.5, 0.6) is 0 Å². The van der Waals surface area contributed by atoms with Crippen molar-refractivity contribution in [1.82, 2.24) is 20.1 Å². The van der Waals surface area contributed by atoms with Crippen LogP contribution < -0.4 is 10.6 Å². The molecule has 3 rings (SSSR count). The van der Waals surface area contributed by atoms with Gasteiger partial charge in [0.15, 0.2) is 5.13 Å². The largest absolute Gasteiger partial charge is 0.353 e. The highest BCUT2D eigenvalue weighted by Gasteiger charge is 2.23. The lowest BCUT2D eigenvalue weighted by Gasteiger charge is -2.33. The molecule has 4 amide bonds. The van der Waals surface area contributed by atoms with Crippen molar-refractivity contribution in [3.63, 3.8) is 0 Å². The fraction of sp³-hybridized carbons (Fsp3) is 0.647. The van der Waals surface area contributed by atoms with Crippen molar-refractivity contribution in [1.29, 1.82) is 0 Å². The Balaban J connectivity index is 1.45. The molecule has 2 N–H and O–H groups in total. The summed E-state index contributed by atoms with van der Waals surface area (Å²) >= 11 is 1.32. The highest BCUT2D eigenvalue weighted by atomic mass is 32.1. The summed E-state index contributed by atoms with van der Waals surface area (Å²) < 4.78 is 0. The molecule has 2 fully saturated rings. The number of amides is 4. The monoisotopic (exact) mass is 379 g/mol. The van der Waals surface area contributed by atoms with Gasteiger partial charge >= 0.3 is 6.03 Å². The Morgan fingerprint density at radius 2 is 1.81 bits per heavy atom. The number of hydrogen-bond acceptors (Lipinski definition) is 5. The average Bonchev–Trinajstić information content (AvgIpc) is 3.27. The molecule has 0 spiro atoms. The second kappa shape index (κ2) is 8.48. The molecule has 142 valence electrons. The van der Waals surface area contributed by atoms with Gasteiger partial charge in [-0.25, -0.2) is 9.78 Å². The molecule has 0 bridgehead atoms. The van der Waals surface area contributed by atoms with E-state index in [0.29, 0.717) is 43.0 Å². The van der Waals surface area contributed by atoms with Crippen LogP contribution >= 0.6 is 11.3 Å². The second-order valence-electron chi connectivity index (χ2n) is 6.79. The zero-order chi connectivity index (χ0) is 18.5. The van der Waals surface area contributed by atoms with E-state index in [9.17, 15) is 14.4 Å². The minimum atomic E-state index is -0.218. The van der Waals surface area contributed by atoms with E-state index in [2.05, 4.69) is 15.6 Å². The van der Waals surface area contributed by atoms with Crippen molar-refractivity contribution < 1.29 is 14.4 Å². The molecule has 0 aromatic carbocycles. The number of rotatable bonds is 4. The molecule has 9 heteroatoms. The molecule has 0 atom stereocenters. The Bertz CT molecular complexity index is 663. The molecule has 0 unspecified atom stereocenters. The molecule has 2 aliphatic rings. The average molecular weight is 379 g/mol. The van der Waals surface area contributed by atoms with E-state index < -0.39 is 0 Å². The van der Waals surface area contributed by atoms with E-state index in [4.69, 9.17) is 0 Å². The van der Waals surface area contributed by atoms with Crippen LogP contribution in [0.4, 0.5) is 9.93 Å². The van der Waals surface area contributed by atoms with Gasteiger partial charge < -0.3 is 15.1 Å². The fourth-order valence-corrected chi connectivity index (χ4v) is 4.05. The van der Waals surface area contributed by atoms with Crippen LogP contribution in [0.15, 0.2) is 5.38 Å². The number of piperazine rings is 1. The third kappa shape index (κ3) is 4.94. The van der Waals surface area contributed by atoms with E-state index in [0.717, 1.165) is 12.8 Å². The molecule has 1 aromatic heterocycles. The molecule has 2 heterocycles. The van der Waals surface area contributed by atoms with Crippen molar-refractivity contribution >= 4 is 34.3 Å². The lowest BCUT2D eigenvalue weighted by atomic mass is 10.2. The van der Waals surface area contributed by atoms with Gasteiger partial charge in [-0.3, -0.25) is 14.9 Å². The number of urea groups is 1. The van der Waals surface area contributed by atoms with Gasteiger partial charge in [0, 0.05) is 44.5 Å². The molecular weight excluding hydrogens is 354 g/mol. The first kappa shape index (κ1) is 18.6. The third-order valence-corrected chi connectivity index (χ3v) is 5.65. The Kier molecular flexibility index (Phi) is 6.08. The van der Waals surface area contributed by atoms with Crippen LogP contribution in [0.2, 0.25) is 0 Å². The van der Waals surface area contributed by atoms with E-state index in [1.807, 2.05) is 0 Å². The standard InChI is InChI=1S/C17H25N5O3S/c1-12(23)21-6-8-22(9-7-21)17(25)20-16-19-14(11-26-16)10-15(24)18-13-4-2-3-5-13/h11,13H,2-10H2,1H3,(H,18,24)(H,19,20,25). The summed E-state index contributed by atoms with van der Waals surface area (Å²) in [6.07, 6.45) is 4.71. The number of nitrogens with zero attached hydrogens (tertiary/aromatic N) is 3. The van der Waals surface area contributed by atoms with E-state index in [-0.39, 0.29) is 24.3 Å². The van der Waals surface area contributed by atoms with Gasteiger partial charge in [0.05, 0.1) is 12.1 Å². The number of aromatic nitrogens is 1. The number of carbonyl (C=O) groups excluding carboxylic acids is 3. The van der Waals surface area contributed by atoms with E-state index in [1.54, 1.807) is 15.2 Å². The van der Waals surface area contributed by atoms with Gasteiger partial charge in [-0.1, -0.05) is 12.8 Å². The molecule has 26 heavy (non-hydrogen) atoms. The maximum atomic E-state index is 12.3. The van der Waals surface area contributed by atoms with Crippen LogP contribution in [0, 0.1) is 0 Å². The second-order valence-corrected chi connectivity index (χ2v) is 7.65. The molecule has 1 aromatic rings. The summed E-state index contributed by atoms with van der Waals surface area (Å²) in [4.78, 5) is 43.4. The Hall–Kier alpha value is -2.16. The van der Waals surface area contributed by atoms with E-state index in [1.165, 1.54) is 31.1 Å². The minimum Gasteiger partial charge on any atom is -0.353 e. The molecule has 1 saturated heterocycles. The van der Waals surface area contributed by atoms with Gasteiger partial charge in [0.1, 0.15) is 0 Å². The highest BCUT2D eigenvalue weighted by molar-refractivity contribution is 7.13. The molecule has 1 aliphatic heterocycles. The van der Waals surface area contributed by atoms with Gasteiger partial charge in [-0.15, -0.1) is 11.3 Å². The van der Waals surface area contributed by atoms with Crippen LogP contribution in [0.1, 0.15) is 38.3 Å². The fourth-order valence-electron chi connectivity index (χ4n) is 3.35. The number of anilines is 1. The van der Waals surface area contributed by atoms with Crippen molar-refractivity contribution in [3.05, 3.63) is 11.1 Å². The quantitative estimate of drug-likeness (QED) is 0.828.